The molecule has 35 heavy (non-hydrogen) atoms. The second kappa shape index (κ2) is 8.23. The van der Waals surface area contributed by atoms with Crippen molar-refractivity contribution in [3.05, 3.63) is 24.0 Å². The summed E-state index contributed by atoms with van der Waals surface area (Å²) < 4.78 is 15.7. The summed E-state index contributed by atoms with van der Waals surface area (Å²) in [6.07, 6.45) is 7.48. The second-order valence-corrected chi connectivity index (χ2v) is 13.8. The summed E-state index contributed by atoms with van der Waals surface area (Å²) in [7, 11) is -0.606. The number of carbonyl (C=O) groups excluding carboxylic acids is 2. The lowest BCUT2D eigenvalue weighted by Crippen LogP contribution is -2.20. The number of nitrogens with zero attached hydrogens (tertiary/aromatic N) is 5. The first-order valence-electron chi connectivity index (χ1n) is 11.7. The molecule has 0 aliphatic heterocycles. The monoisotopic (exact) mass is 512 g/mol. The lowest BCUT2D eigenvalue weighted by Gasteiger charge is -2.16. The highest BCUT2D eigenvalue weighted by Gasteiger charge is 2.53. The Kier molecular flexibility index (Phi) is 5.26. The molecular weight excluding hydrogens is 487 g/mol. The first-order chi connectivity index (χ1) is 16.8. The van der Waals surface area contributed by atoms with Crippen LogP contribution < -0.4 is 21.8 Å². The largest absolute Gasteiger partial charge is 0.364 e. The topological polar surface area (TPSA) is 158 Å². The molecule has 0 bridgehead atoms. The van der Waals surface area contributed by atoms with Gasteiger partial charge in [0.15, 0.2) is 11.5 Å². The number of rotatable bonds is 9. The van der Waals surface area contributed by atoms with Crippen molar-refractivity contribution in [1.82, 2.24) is 25.0 Å². The molecule has 3 aliphatic carbocycles. The van der Waals surface area contributed by atoms with E-state index in [4.69, 9.17) is 5.73 Å². The van der Waals surface area contributed by atoms with Crippen molar-refractivity contribution in [2.24, 2.45) is 18.7 Å². The number of nitrogens with one attached hydrogen (secondary N) is 2. The lowest BCUT2D eigenvalue weighted by molar-refractivity contribution is -0.117. The van der Waals surface area contributed by atoms with Crippen LogP contribution in [-0.4, -0.2) is 48.1 Å². The number of aromatic nitrogens is 5. The fourth-order valence-corrected chi connectivity index (χ4v) is 9.15. The van der Waals surface area contributed by atoms with Crippen LogP contribution in [0.2, 0.25) is 0 Å². The number of nitrogens with two attached hydrogens (primary N) is 1. The average Bonchev–Trinajstić information content (AvgIpc) is 3.69. The van der Waals surface area contributed by atoms with Gasteiger partial charge in [-0.3, -0.25) is 14.3 Å². The molecule has 3 aromatic heterocycles. The Morgan fingerprint density at radius 1 is 1.11 bits per heavy atom. The average molecular weight is 513 g/mol. The molecule has 3 saturated carbocycles. The van der Waals surface area contributed by atoms with E-state index < -0.39 is 13.0 Å². The Morgan fingerprint density at radius 2 is 1.83 bits per heavy atom. The highest BCUT2D eigenvalue weighted by molar-refractivity contribution is 7.73. The standard InChI is InChI=1S/C22H25N8O3PS/c1-30-18(34(33,12-4-5-12)13-6-7-13)9-15(29-30)22-24-10-17(35-22)25-14-8-16(26-21(32)11-2-3-11)27-28-19(14)20(23)31/h8-13H,2-7H2,1H3,(H2,23,31)(H2,25,26,27,32). The Labute approximate surface area is 205 Å². The van der Waals surface area contributed by atoms with Crippen LogP contribution >= 0.6 is 18.5 Å². The third-order valence-corrected chi connectivity index (χ3v) is 11.9. The van der Waals surface area contributed by atoms with Crippen LogP contribution in [0.15, 0.2) is 18.3 Å². The SMILES string of the molecule is Cn1nc(-c2ncc(Nc3cc(NC(=O)C4CC4)nnc3C(N)=O)s2)cc1P(=O)(C1CC1)C1CC1. The van der Waals surface area contributed by atoms with Gasteiger partial charge in [0.1, 0.15) is 22.8 Å². The Hall–Kier alpha value is -3.11. The van der Waals surface area contributed by atoms with E-state index in [-0.39, 0.29) is 23.3 Å². The van der Waals surface area contributed by atoms with Gasteiger partial charge >= 0.3 is 0 Å². The van der Waals surface area contributed by atoms with Crippen molar-refractivity contribution in [3.8, 4) is 10.7 Å². The molecule has 0 atom stereocenters. The molecule has 4 N–H and O–H groups in total. The van der Waals surface area contributed by atoms with E-state index in [1.165, 1.54) is 17.4 Å². The maximum absolute atomic E-state index is 13.9. The molecular formula is C22H25N8O3PS. The second-order valence-electron chi connectivity index (χ2n) is 9.46. The first-order valence-corrected chi connectivity index (χ1v) is 14.3. The van der Waals surface area contributed by atoms with Crippen LogP contribution in [0, 0.1) is 5.92 Å². The van der Waals surface area contributed by atoms with E-state index in [2.05, 4.69) is 30.9 Å². The van der Waals surface area contributed by atoms with Gasteiger partial charge in [-0.15, -0.1) is 10.2 Å². The third kappa shape index (κ3) is 4.25. The zero-order valence-electron chi connectivity index (χ0n) is 19.1. The molecule has 0 unspecified atom stereocenters. The highest BCUT2D eigenvalue weighted by Crippen LogP contribution is 2.69. The zero-order valence-corrected chi connectivity index (χ0v) is 20.8. The molecule has 3 heterocycles. The summed E-state index contributed by atoms with van der Waals surface area (Å²) in [4.78, 5) is 28.5. The number of aryl methyl sites for hydroxylation is 1. The number of carbonyl (C=O) groups is 2. The lowest BCUT2D eigenvalue weighted by atomic mass is 10.3. The quantitative estimate of drug-likeness (QED) is 0.369. The molecule has 6 rings (SSSR count). The van der Waals surface area contributed by atoms with E-state index in [9.17, 15) is 14.2 Å². The molecule has 0 saturated heterocycles. The molecule has 11 nitrogen and oxygen atoms in total. The fourth-order valence-electron chi connectivity index (χ4n) is 4.36. The van der Waals surface area contributed by atoms with Crippen LogP contribution in [0.4, 0.5) is 16.5 Å². The van der Waals surface area contributed by atoms with Crippen LogP contribution in [0.5, 0.6) is 0 Å². The van der Waals surface area contributed by atoms with Crippen molar-refractivity contribution in [2.75, 3.05) is 10.6 Å². The highest BCUT2D eigenvalue weighted by atomic mass is 32.1. The van der Waals surface area contributed by atoms with Crippen LogP contribution in [0.25, 0.3) is 10.7 Å². The van der Waals surface area contributed by atoms with Crippen molar-refractivity contribution in [1.29, 1.82) is 0 Å². The molecule has 2 amide bonds. The summed E-state index contributed by atoms with van der Waals surface area (Å²) in [5.41, 5.74) is 7.86. The van der Waals surface area contributed by atoms with Crippen molar-refractivity contribution in [3.63, 3.8) is 0 Å². The molecule has 13 heteroatoms. The number of primary amides is 1. The van der Waals surface area contributed by atoms with Gasteiger partial charge in [-0.25, -0.2) is 4.98 Å². The fraction of sp³-hybridized carbons (Fsp3) is 0.455. The summed E-state index contributed by atoms with van der Waals surface area (Å²) in [5.74, 6) is -0.608. The van der Waals surface area contributed by atoms with Gasteiger partial charge in [0, 0.05) is 30.3 Å². The summed E-state index contributed by atoms with van der Waals surface area (Å²) in [6.45, 7) is 0. The molecule has 0 radical (unpaired) electrons. The predicted molar refractivity (Wildman–Crippen MR) is 133 cm³/mol. The number of anilines is 3. The van der Waals surface area contributed by atoms with Crippen molar-refractivity contribution >= 4 is 52.2 Å². The molecule has 3 aromatic rings. The molecule has 0 spiro atoms. The predicted octanol–water partition coefficient (Wildman–Crippen LogP) is 2.84. The van der Waals surface area contributed by atoms with E-state index in [0.29, 0.717) is 32.7 Å². The maximum Gasteiger partial charge on any atom is 0.271 e. The first kappa shape index (κ1) is 22.4. The summed E-state index contributed by atoms with van der Waals surface area (Å²) in [6, 6.07) is 3.46. The van der Waals surface area contributed by atoms with Gasteiger partial charge in [-0.05, 0) is 44.6 Å². The van der Waals surface area contributed by atoms with E-state index in [0.717, 1.165) is 44.0 Å². The smallest absolute Gasteiger partial charge is 0.271 e. The minimum Gasteiger partial charge on any atom is -0.364 e. The van der Waals surface area contributed by atoms with Crippen molar-refractivity contribution < 1.29 is 14.2 Å². The minimum atomic E-state index is -2.46. The normalized spacial score (nSPS) is 17.9. The molecule has 3 aliphatic rings. The number of hydrogen-bond donors (Lipinski definition) is 3. The number of amides is 2. The Balaban J connectivity index is 1.25. The third-order valence-electron chi connectivity index (χ3n) is 6.60. The van der Waals surface area contributed by atoms with E-state index >= 15 is 0 Å². The van der Waals surface area contributed by atoms with Crippen LogP contribution in [0.1, 0.15) is 49.0 Å². The number of hydrogen-bond acceptors (Lipinski definition) is 9. The minimum absolute atomic E-state index is 0.00600. The summed E-state index contributed by atoms with van der Waals surface area (Å²) >= 11 is 1.34. The van der Waals surface area contributed by atoms with Gasteiger partial charge in [-0.1, -0.05) is 11.3 Å². The Bertz CT molecular complexity index is 1370. The van der Waals surface area contributed by atoms with Crippen LogP contribution in [0.3, 0.4) is 0 Å². The van der Waals surface area contributed by atoms with E-state index in [1.54, 1.807) is 10.9 Å². The van der Waals surface area contributed by atoms with Gasteiger partial charge in [-0.2, -0.15) is 5.10 Å². The van der Waals surface area contributed by atoms with Gasteiger partial charge in [0.2, 0.25) is 5.91 Å². The summed E-state index contributed by atoms with van der Waals surface area (Å²) in [5, 5.41) is 19.6. The van der Waals surface area contributed by atoms with Crippen molar-refractivity contribution in [2.45, 2.75) is 49.8 Å². The van der Waals surface area contributed by atoms with Gasteiger partial charge in [0.25, 0.3) is 5.91 Å². The van der Waals surface area contributed by atoms with Crippen LogP contribution in [-0.2, 0) is 16.4 Å². The molecule has 3 fully saturated rings. The molecule has 0 aromatic carbocycles. The zero-order chi connectivity index (χ0) is 24.3. The van der Waals surface area contributed by atoms with Gasteiger partial charge < -0.3 is 20.9 Å². The Morgan fingerprint density at radius 3 is 2.46 bits per heavy atom. The van der Waals surface area contributed by atoms with E-state index in [1.807, 2.05) is 13.1 Å². The van der Waals surface area contributed by atoms with Gasteiger partial charge in [0.05, 0.1) is 17.3 Å². The number of thiazole rings is 1. The molecule has 182 valence electrons. The maximum atomic E-state index is 13.9.